The maximum absolute atomic E-state index is 5.54. The highest BCUT2D eigenvalue weighted by Gasteiger charge is 2.28. The second-order valence-electron chi connectivity index (χ2n) is 4.24. The maximum atomic E-state index is 5.54. The SMILES string of the molecule is CCOC1CC(NCc2cc(Br)c(C)s2)C1. The molecule has 0 aromatic carbocycles. The fourth-order valence-corrected chi connectivity index (χ4v) is 3.51. The third kappa shape index (κ3) is 3.06. The van der Waals surface area contributed by atoms with Crippen LogP contribution in [0, 0.1) is 6.92 Å². The summed E-state index contributed by atoms with van der Waals surface area (Å²) >= 11 is 5.41. The normalized spacial score (nSPS) is 24.4. The van der Waals surface area contributed by atoms with Crippen molar-refractivity contribution in [3.63, 3.8) is 0 Å². The summed E-state index contributed by atoms with van der Waals surface area (Å²) in [6.45, 7) is 6.04. The smallest absolute Gasteiger partial charge is 0.0604 e. The van der Waals surface area contributed by atoms with E-state index >= 15 is 0 Å². The van der Waals surface area contributed by atoms with Crippen LogP contribution in [0.25, 0.3) is 0 Å². The molecule has 90 valence electrons. The molecule has 1 aliphatic rings. The zero-order valence-corrected chi connectivity index (χ0v) is 12.2. The van der Waals surface area contributed by atoms with Gasteiger partial charge in [-0.25, -0.2) is 0 Å². The van der Waals surface area contributed by atoms with E-state index in [-0.39, 0.29) is 0 Å². The minimum absolute atomic E-state index is 0.499. The molecule has 0 saturated heterocycles. The molecule has 0 spiro atoms. The first-order chi connectivity index (χ1) is 7.69. The second-order valence-corrected chi connectivity index (χ2v) is 6.44. The van der Waals surface area contributed by atoms with Crippen LogP contribution in [0.15, 0.2) is 10.5 Å². The predicted octanol–water partition coefficient (Wildman–Crippen LogP) is 3.48. The van der Waals surface area contributed by atoms with Gasteiger partial charge in [-0.2, -0.15) is 0 Å². The largest absolute Gasteiger partial charge is 0.378 e. The van der Waals surface area contributed by atoms with Crippen molar-refractivity contribution in [2.45, 2.75) is 45.4 Å². The average molecular weight is 304 g/mol. The molecule has 2 nitrogen and oxygen atoms in total. The number of thiophene rings is 1. The van der Waals surface area contributed by atoms with Gasteiger partial charge in [0.1, 0.15) is 0 Å². The van der Waals surface area contributed by atoms with Gasteiger partial charge in [0.2, 0.25) is 0 Å². The molecule has 0 aliphatic heterocycles. The summed E-state index contributed by atoms with van der Waals surface area (Å²) in [5.74, 6) is 0. The monoisotopic (exact) mass is 303 g/mol. The van der Waals surface area contributed by atoms with E-state index in [4.69, 9.17) is 4.74 Å². The van der Waals surface area contributed by atoms with Gasteiger partial charge in [0.05, 0.1) is 6.10 Å². The predicted molar refractivity (Wildman–Crippen MR) is 72.0 cm³/mol. The van der Waals surface area contributed by atoms with E-state index in [1.54, 1.807) is 0 Å². The summed E-state index contributed by atoms with van der Waals surface area (Å²) in [7, 11) is 0. The molecule has 1 aliphatic carbocycles. The summed E-state index contributed by atoms with van der Waals surface area (Å²) in [5.41, 5.74) is 0. The molecular weight excluding hydrogens is 286 g/mol. The molecular formula is C12H18BrNOS. The molecule has 16 heavy (non-hydrogen) atoms. The van der Waals surface area contributed by atoms with Gasteiger partial charge < -0.3 is 10.1 Å². The number of hydrogen-bond donors (Lipinski definition) is 1. The first kappa shape index (κ1) is 12.6. The molecule has 1 fully saturated rings. The molecule has 4 heteroatoms. The van der Waals surface area contributed by atoms with Gasteiger partial charge in [0.25, 0.3) is 0 Å². The molecule has 0 amide bonds. The fraction of sp³-hybridized carbons (Fsp3) is 0.667. The Morgan fingerprint density at radius 3 is 2.88 bits per heavy atom. The molecule has 2 rings (SSSR count). The van der Waals surface area contributed by atoms with Crippen LogP contribution >= 0.6 is 27.3 Å². The van der Waals surface area contributed by atoms with E-state index in [2.05, 4.69) is 41.2 Å². The topological polar surface area (TPSA) is 21.3 Å². The Kier molecular flexibility index (Phi) is 4.41. The Morgan fingerprint density at radius 2 is 2.31 bits per heavy atom. The van der Waals surface area contributed by atoms with E-state index in [9.17, 15) is 0 Å². The minimum Gasteiger partial charge on any atom is -0.378 e. The van der Waals surface area contributed by atoms with Crippen LogP contribution in [0.1, 0.15) is 29.5 Å². The van der Waals surface area contributed by atoms with E-state index in [1.807, 2.05) is 11.3 Å². The van der Waals surface area contributed by atoms with Crippen molar-refractivity contribution >= 4 is 27.3 Å². The highest BCUT2D eigenvalue weighted by Crippen LogP contribution is 2.28. The van der Waals surface area contributed by atoms with Crippen molar-refractivity contribution in [3.8, 4) is 0 Å². The van der Waals surface area contributed by atoms with Crippen LogP contribution in [0.4, 0.5) is 0 Å². The van der Waals surface area contributed by atoms with Crippen LogP contribution in [-0.2, 0) is 11.3 Å². The Hall–Kier alpha value is 0.1000. The standard InChI is InChI=1S/C12H18BrNOS/c1-3-15-10-4-9(5-10)14-7-11-6-12(13)8(2)16-11/h6,9-10,14H,3-5,7H2,1-2H3. The van der Waals surface area contributed by atoms with Gasteiger partial charge in [-0.15, -0.1) is 11.3 Å². The maximum Gasteiger partial charge on any atom is 0.0604 e. The molecule has 1 aromatic rings. The molecule has 0 bridgehead atoms. The zero-order valence-electron chi connectivity index (χ0n) is 9.75. The lowest BCUT2D eigenvalue weighted by Gasteiger charge is -2.35. The van der Waals surface area contributed by atoms with Gasteiger partial charge in [0, 0.05) is 33.4 Å². The number of aryl methyl sites for hydroxylation is 1. The van der Waals surface area contributed by atoms with E-state index < -0.39 is 0 Å². The van der Waals surface area contributed by atoms with Gasteiger partial charge in [-0.1, -0.05) is 0 Å². The summed E-state index contributed by atoms with van der Waals surface area (Å²) in [5, 5.41) is 3.57. The number of halogens is 1. The lowest BCUT2D eigenvalue weighted by molar-refractivity contribution is -0.0101. The molecule has 1 N–H and O–H groups in total. The molecule has 0 radical (unpaired) electrons. The lowest BCUT2D eigenvalue weighted by Crippen LogP contribution is -2.44. The average Bonchev–Trinajstić information content (AvgIpc) is 2.50. The van der Waals surface area contributed by atoms with Crippen molar-refractivity contribution < 1.29 is 4.74 Å². The Morgan fingerprint density at radius 1 is 1.56 bits per heavy atom. The summed E-state index contributed by atoms with van der Waals surface area (Å²) < 4.78 is 6.77. The van der Waals surface area contributed by atoms with E-state index in [1.165, 1.54) is 27.1 Å². The first-order valence-electron chi connectivity index (χ1n) is 5.78. The fourth-order valence-electron chi connectivity index (χ4n) is 1.95. The number of ether oxygens (including phenoxy) is 1. The molecule has 1 heterocycles. The highest BCUT2D eigenvalue weighted by atomic mass is 79.9. The van der Waals surface area contributed by atoms with Crippen LogP contribution in [0.2, 0.25) is 0 Å². The summed E-state index contributed by atoms with van der Waals surface area (Å²) in [6, 6.07) is 2.86. The van der Waals surface area contributed by atoms with Gasteiger partial charge in [0.15, 0.2) is 0 Å². The Labute approximate surface area is 110 Å². The van der Waals surface area contributed by atoms with E-state index in [0.717, 1.165) is 13.2 Å². The Balaban J connectivity index is 1.69. The lowest BCUT2D eigenvalue weighted by atomic mass is 9.89. The summed E-state index contributed by atoms with van der Waals surface area (Å²) in [4.78, 5) is 2.77. The molecule has 0 unspecified atom stereocenters. The van der Waals surface area contributed by atoms with Crippen molar-refractivity contribution in [1.29, 1.82) is 0 Å². The van der Waals surface area contributed by atoms with Crippen LogP contribution in [0.3, 0.4) is 0 Å². The van der Waals surface area contributed by atoms with E-state index in [0.29, 0.717) is 12.1 Å². The molecule has 1 aromatic heterocycles. The molecule has 1 saturated carbocycles. The number of nitrogens with one attached hydrogen (secondary N) is 1. The van der Waals surface area contributed by atoms with Gasteiger partial charge in [-0.3, -0.25) is 0 Å². The zero-order chi connectivity index (χ0) is 11.5. The third-order valence-electron chi connectivity index (χ3n) is 2.97. The number of rotatable bonds is 5. The first-order valence-corrected chi connectivity index (χ1v) is 7.39. The van der Waals surface area contributed by atoms with Crippen LogP contribution in [0.5, 0.6) is 0 Å². The highest BCUT2D eigenvalue weighted by molar-refractivity contribution is 9.10. The van der Waals surface area contributed by atoms with Crippen LogP contribution in [-0.4, -0.2) is 18.8 Å². The second kappa shape index (κ2) is 5.63. The van der Waals surface area contributed by atoms with Crippen molar-refractivity contribution in [1.82, 2.24) is 5.32 Å². The minimum atomic E-state index is 0.499. The van der Waals surface area contributed by atoms with Crippen LogP contribution < -0.4 is 5.32 Å². The quantitative estimate of drug-likeness (QED) is 0.899. The van der Waals surface area contributed by atoms with Crippen molar-refractivity contribution in [2.24, 2.45) is 0 Å². The molecule has 0 atom stereocenters. The summed E-state index contributed by atoms with van der Waals surface area (Å²) in [6.07, 6.45) is 2.83. The van der Waals surface area contributed by atoms with Crippen molar-refractivity contribution in [2.75, 3.05) is 6.61 Å². The van der Waals surface area contributed by atoms with Gasteiger partial charge >= 0.3 is 0 Å². The van der Waals surface area contributed by atoms with Crippen molar-refractivity contribution in [3.05, 3.63) is 20.3 Å². The van der Waals surface area contributed by atoms with Gasteiger partial charge in [-0.05, 0) is 48.7 Å². The number of hydrogen-bond acceptors (Lipinski definition) is 3. The Bertz CT molecular complexity index is 327. The third-order valence-corrected chi connectivity index (χ3v) is 5.11.